The maximum atomic E-state index is 13.1. The van der Waals surface area contributed by atoms with Crippen LogP contribution in [0.4, 0.5) is 0 Å². The summed E-state index contributed by atoms with van der Waals surface area (Å²) in [5, 5.41) is 14.2. The first-order chi connectivity index (χ1) is 46.0. The summed E-state index contributed by atoms with van der Waals surface area (Å²) in [5.74, 6) is -0.153. The van der Waals surface area contributed by atoms with Gasteiger partial charge in [-0.15, -0.1) is 0 Å². The van der Waals surface area contributed by atoms with Crippen LogP contribution >= 0.6 is 7.82 Å². The highest BCUT2D eigenvalue weighted by Gasteiger charge is 2.24. The fourth-order valence-corrected chi connectivity index (χ4v) is 14.3. The standard InChI is InChI=1S/C85H169N2O6P/c1-6-8-10-12-14-16-18-20-22-24-26-28-30-32-34-36-38-39-40-41-42-43-44-45-46-47-49-51-53-55-57-59-61-63-65-67-69-71-73-75-77-79-85(89)86-83(82-93-94(90,91)92-81-80-87(3,4)5)84(88)78-76-74-72-70-68-66-64-62-60-58-56-54-52-50-48-37-35-33-31-29-27-25-23-21-19-17-15-13-11-9-7-2/h18,20,24,26,83-84,88H,6-17,19,21-23,25,27-82H2,1-5H3,(H-,86,89,90,91)/b20-18-,26-24-. The molecular weight excluding hydrogens is 1180 g/mol. The zero-order valence-corrected chi connectivity index (χ0v) is 65.4. The summed E-state index contributed by atoms with van der Waals surface area (Å²) in [5.41, 5.74) is 0. The number of phosphoric ester groups is 1. The van der Waals surface area contributed by atoms with E-state index in [9.17, 15) is 19.4 Å². The minimum absolute atomic E-state index is 0.0161. The van der Waals surface area contributed by atoms with E-state index in [0.717, 1.165) is 44.9 Å². The first-order valence-corrected chi connectivity index (χ1v) is 44.1. The number of nitrogens with zero attached hydrogens (tertiary/aromatic N) is 1. The van der Waals surface area contributed by atoms with E-state index in [2.05, 4.69) is 43.5 Å². The van der Waals surface area contributed by atoms with Gasteiger partial charge >= 0.3 is 0 Å². The Balaban J connectivity index is 3.85. The molecule has 0 bridgehead atoms. The predicted octanol–water partition coefficient (Wildman–Crippen LogP) is 27.5. The SMILES string of the molecule is CCCCCCC/C=C\C/C=C\CCCCCCCCCCCCCCCCCCCCCCCCCCCCCCCC(=O)NC(COP(=O)([O-])OCC[N+](C)(C)C)C(O)CCCCCCCCCCCCCCCCCCCCCCCCCCCCCCCCC. The number of unbranched alkanes of at least 4 members (excludes halogenated alkanes) is 64. The summed E-state index contributed by atoms with van der Waals surface area (Å²) in [6.45, 7) is 4.79. The highest BCUT2D eigenvalue weighted by molar-refractivity contribution is 7.45. The number of allylic oxidation sites excluding steroid dienone is 4. The third-order valence-corrected chi connectivity index (χ3v) is 21.2. The Hall–Kier alpha value is -1.02. The molecular formula is C85H169N2O6P. The van der Waals surface area contributed by atoms with Crippen molar-refractivity contribution in [2.45, 2.75) is 475 Å². The molecule has 0 aromatic rings. The quantitative estimate of drug-likeness (QED) is 0.0272. The van der Waals surface area contributed by atoms with Crippen molar-refractivity contribution in [3.05, 3.63) is 24.3 Å². The van der Waals surface area contributed by atoms with Gasteiger partial charge in [-0.3, -0.25) is 9.36 Å². The summed E-state index contributed by atoms with van der Waals surface area (Å²) in [6, 6.07) is -0.800. The summed E-state index contributed by atoms with van der Waals surface area (Å²) < 4.78 is 23.6. The van der Waals surface area contributed by atoms with Gasteiger partial charge in [0.25, 0.3) is 7.82 Å². The molecule has 0 heterocycles. The van der Waals surface area contributed by atoms with Gasteiger partial charge in [0, 0.05) is 6.42 Å². The molecule has 3 unspecified atom stereocenters. The molecule has 0 aromatic carbocycles. The lowest BCUT2D eigenvalue weighted by Crippen LogP contribution is -2.46. The van der Waals surface area contributed by atoms with Crippen LogP contribution in [-0.4, -0.2) is 68.5 Å². The average molecular weight is 1350 g/mol. The van der Waals surface area contributed by atoms with Gasteiger partial charge in [-0.2, -0.15) is 0 Å². The lowest BCUT2D eigenvalue weighted by Gasteiger charge is -2.30. The fourth-order valence-electron chi connectivity index (χ4n) is 13.6. The zero-order chi connectivity index (χ0) is 68.3. The molecule has 0 saturated heterocycles. The molecule has 3 atom stereocenters. The third kappa shape index (κ3) is 78.3. The van der Waals surface area contributed by atoms with E-state index >= 15 is 0 Å². The Bertz CT molecular complexity index is 1580. The largest absolute Gasteiger partial charge is 0.756 e. The van der Waals surface area contributed by atoms with Crippen LogP contribution in [0.3, 0.4) is 0 Å². The smallest absolute Gasteiger partial charge is 0.268 e. The molecule has 94 heavy (non-hydrogen) atoms. The first-order valence-electron chi connectivity index (χ1n) is 42.7. The van der Waals surface area contributed by atoms with Gasteiger partial charge in [0.2, 0.25) is 5.91 Å². The van der Waals surface area contributed by atoms with Crippen molar-refractivity contribution >= 4 is 13.7 Å². The van der Waals surface area contributed by atoms with Gasteiger partial charge in [0.05, 0.1) is 39.9 Å². The van der Waals surface area contributed by atoms with E-state index in [1.807, 2.05) is 21.1 Å². The Kier molecular flexibility index (Phi) is 75.3. The minimum atomic E-state index is -4.58. The second kappa shape index (κ2) is 76.2. The molecule has 1 amide bonds. The predicted molar refractivity (Wildman–Crippen MR) is 413 cm³/mol. The summed E-state index contributed by atoms with van der Waals surface area (Å²) >= 11 is 0. The number of quaternary nitrogens is 1. The summed E-state index contributed by atoms with van der Waals surface area (Å²) in [6.07, 6.45) is 102. The highest BCUT2D eigenvalue weighted by Crippen LogP contribution is 2.38. The number of carbonyl (C=O) groups is 1. The maximum absolute atomic E-state index is 13.1. The van der Waals surface area contributed by atoms with Crippen LogP contribution in [0, 0.1) is 0 Å². The number of hydrogen-bond acceptors (Lipinski definition) is 6. The van der Waals surface area contributed by atoms with Crippen LogP contribution in [-0.2, 0) is 18.4 Å². The van der Waals surface area contributed by atoms with Crippen LogP contribution in [0.1, 0.15) is 463 Å². The van der Waals surface area contributed by atoms with Crippen molar-refractivity contribution in [3.63, 3.8) is 0 Å². The molecule has 0 aliphatic carbocycles. The number of aliphatic hydroxyl groups excluding tert-OH is 1. The number of rotatable bonds is 81. The van der Waals surface area contributed by atoms with Crippen LogP contribution in [0.15, 0.2) is 24.3 Å². The second-order valence-electron chi connectivity index (χ2n) is 30.9. The van der Waals surface area contributed by atoms with Crippen molar-refractivity contribution < 1.29 is 32.9 Å². The number of amides is 1. The molecule has 8 nitrogen and oxygen atoms in total. The molecule has 560 valence electrons. The molecule has 9 heteroatoms. The van der Waals surface area contributed by atoms with Crippen LogP contribution in [0.5, 0.6) is 0 Å². The molecule has 0 aliphatic heterocycles. The number of hydrogen-bond donors (Lipinski definition) is 2. The van der Waals surface area contributed by atoms with E-state index in [1.165, 1.54) is 392 Å². The van der Waals surface area contributed by atoms with Gasteiger partial charge in [-0.1, -0.05) is 436 Å². The van der Waals surface area contributed by atoms with Gasteiger partial charge in [0.15, 0.2) is 0 Å². The van der Waals surface area contributed by atoms with Gasteiger partial charge < -0.3 is 28.8 Å². The van der Waals surface area contributed by atoms with E-state index < -0.39 is 20.0 Å². The molecule has 0 rings (SSSR count). The minimum Gasteiger partial charge on any atom is -0.756 e. The number of carbonyl (C=O) groups excluding carboxylic acids is 1. The first kappa shape index (κ1) is 93.0. The van der Waals surface area contributed by atoms with Crippen LogP contribution < -0.4 is 10.2 Å². The second-order valence-corrected chi connectivity index (χ2v) is 32.3. The fraction of sp³-hybridized carbons (Fsp3) is 0.941. The number of likely N-dealkylation sites (N-methyl/N-ethyl adjacent to an activating group) is 1. The molecule has 0 fully saturated rings. The van der Waals surface area contributed by atoms with Gasteiger partial charge in [-0.05, 0) is 44.9 Å². The average Bonchev–Trinajstić information content (AvgIpc) is 1.77. The number of nitrogens with one attached hydrogen (secondary N) is 1. The maximum Gasteiger partial charge on any atom is 0.268 e. The lowest BCUT2D eigenvalue weighted by molar-refractivity contribution is -0.870. The van der Waals surface area contributed by atoms with Crippen molar-refractivity contribution in [3.8, 4) is 0 Å². The van der Waals surface area contributed by atoms with Crippen molar-refractivity contribution in [1.29, 1.82) is 0 Å². The van der Waals surface area contributed by atoms with Crippen LogP contribution in [0.25, 0.3) is 0 Å². The molecule has 2 N–H and O–H groups in total. The Labute approximate surface area is 589 Å². The van der Waals surface area contributed by atoms with Crippen molar-refractivity contribution in [2.24, 2.45) is 0 Å². The molecule has 0 spiro atoms. The molecule has 0 aromatic heterocycles. The normalized spacial score (nSPS) is 13.5. The summed E-state index contributed by atoms with van der Waals surface area (Å²) in [7, 11) is 1.33. The Morgan fingerprint density at radius 3 is 0.883 bits per heavy atom. The Morgan fingerprint density at radius 1 is 0.372 bits per heavy atom. The third-order valence-electron chi connectivity index (χ3n) is 20.2. The van der Waals surface area contributed by atoms with E-state index in [-0.39, 0.29) is 19.1 Å². The Morgan fingerprint density at radius 2 is 0.617 bits per heavy atom. The molecule has 0 radical (unpaired) electrons. The monoisotopic (exact) mass is 1350 g/mol. The molecule has 0 aliphatic rings. The zero-order valence-electron chi connectivity index (χ0n) is 64.5. The van der Waals surface area contributed by atoms with Gasteiger partial charge in [-0.25, -0.2) is 0 Å². The number of phosphoric acid groups is 1. The van der Waals surface area contributed by atoms with Gasteiger partial charge in [0.1, 0.15) is 13.2 Å². The van der Waals surface area contributed by atoms with E-state index in [0.29, 0.717) is 23.9 Å². The molecule has 0 saturated carbocycles. The van der Waals surface area contributed by atoms with Crippen molar-refractivity contribution in [1.82, 2.24) is 5.32 Å². The van der Waals surface area contributed by atoms with Crippen molar-refractivity contribution in [2.75, 3.05) is 40.9 Å². The summed E-state index contributed by atoms with van der Waals surface area (Å²) in [4.78, 5) is 25.8. The van der Waals surface area contributed by atoms with Crippen LogP contribution in [0.2, 0.25) is 0 Å². The van der Waals surface area contributed by atoms with E-state index in [4.69, 9.17) is 9.05 Å². The highest BCUT2D eigenvalue weighted by atomic mass is 31.2. The van der Waals surface area contributed by atoms with E-state index in [1.54, 1.807) is 0 Å². The lowest BCUT2D eigenvalue weighted by atomic mass is 10.0. The number of aliphatic hydroxyl groups is 1. The topological polar surface area (TPSA) is 108 Å².